The molecule has 240 valence electrons. The molecule has 1 aliphatic rings. The van der Waals surface area contributed by atoms with Gasteiger partial charge in [0.1, 0.15) is 35.4 Å². The number of ether oxygens (including phenoxy) is 2. The zero-order chi connectivity index (χ0) is 33.0. The van der Waals surface area contributed by atoms with Crippen molar-refractivity contribution in [2.75, 3.05) is 20.3 Å². The maximum atomic E-state index is 16.1. The highest BCUT2D eigenvalue weighted by atomic mass is 32.1. The number of imidazole rings is 1. The van der Waals surface area contributed by atoms with Crippen LogP contribution in [0.25, 0.3) is 54.9 Å². The second-order valence-corrected chi connectivity index (χ2v) is 12.5. The normalized spacial score (nSPS) is 16.2. The molecule has 1 aliphatic heterocycles. The van der Waals surface area contributed by atoms with Crippen molar-refractivity contribution in [3.8, 4) is 39.5 Å². The van der Waals surface area contributed by atoms with Gasteiger partial charge in [-0.1, -0.05) is 12.6 Å². The lowest BCUT2D eigenvalue weighted by Crippen LogP contribution is -2.46. The standard InChI is InChI=1S/C35H32F2N6O3S/c1-6-30(44)42-17-23-16-27(40-43(23)20(3)19(42)2)34-32(31-25(37)14-22(36)15-29(31)46-11-10-45-5)35-24(9-12-47-35)33(39-34)21-7-8-28-26(13-21)38-18-41(28)4/h6-9,12-16,18-20H,1,10-11,17H2,2-5H3/t19-,20+/m1/s1. The molecule has 6 aromatic rings. The van der Waals surface area contributed by atoms with Gasteiger partial charge in [-0.15, -0.1) is 11.3 Å². The lowest BCUT2D eigenvalue weighted by Gasteiger charge is -2.37. The molecule has 0 unspecified atom stereocenters. The number of aryl methyl sites for hydroxylation is 1. The fourth-order valence-corrected chi connectivity index (χ4v) is 7.23. The zero-order valence-corrected chi connectivity index (χ0v) is 27.1. The molecule has 0 spiro atoms. The summed E-state index contributed by atoms with van der Waals surface area (Å²) in [7, 11) is 3.47. The van der Waals surface area contributed by atoms with Gasteiger partial charge in [0, 0.05) is 47.5 Å². The molecule has 12 heteroatoms. The van der Waals surface area contributed by atoms with Crippen LogP contribution in [0.2, 0.25) is 0 Å². The molecule has 0 saturated carbocycles. The minimum atomic E-state index is -0.786. The first kappa shape index (κ1) is 30.7. The van der Waals surface area contributed by atoms with Gasteiger partial charge >= 0.3 is 0 Å². The van der Waals surface area contributed by atoms with Gasteiger partial charge < -0.3 is 18.9 Å². The highest BCUT2D eigenvalue weighted by Gasteiger charge is 2.34. The van der Waals surface area contributed by atoms with E-state index in [9.17, 15) is 9.18 Å². The Balaban J connectivity index is 1.51. The number of hydrogen-bond donors (Lipinski definition) is 0. The summed E-state index contributed by atoms with van der Waals surface area (Å²) in [6.07, 6.45) is 3.07. The third-order valence-corrected chi connectivity index (χ3v) is 9.77. The molecule has 0 radical (unpaired) electrons. The minimum Gasteiger partial charge on any atom is -0.490 e. The van der Waals surface area contributed by atoms with Crippen molar-refractivity contribution >= 4 is 38.4 Å². The van der Waals surface area contributed by atoms with Crippen molar-refractivity contribution in [3.63, 3.8) is 0 Å². The molecule has 0 aliphatic carbocycles. The number of halogens is 2. The number of methoxy groups -OCH3 is 1. The highest BCUT2D eigenvalue weighted by molar-refractivity contribution is 7.18. The highest BCUT2D eigenvalue weighted by Crippen LogP contribution is 2.47. The fourth-order valence-electron chi connectivity index (χ4n) is 6.29. The average molecular weight is 655 g/mol. The van der Waals surface area contributed by atoms with E-state index >= 15 is 4.39 Å². The van der Waals surface area contributed by atoms with Crippen LogP contribution in [0.3, 0.4) is 0 Å². The van der Waals surface area contributed by atoms with Crippen molar-refractivity contribution in [1.29, 1.82) is 0 Å². The van der Waals surface area contributed by atoms with E-state index in [4.69, 9.17) is 19.6 Å². The van der Waals surface area contributed by atoms with E-state index in [0.717, 1.165) is 38.4 Å². The number of aromatic nitrogens is 5. The summed E-state index contributed by atoms with van der Waals surface area (Å²) >= 11 is 1.43. The first-order valence-corrected chi connectivity index (χ1v) is 16.0. The van der Waals surface area contributed by atoms with Crippen LogP contribution in [-0.2, 0) is 23.1 Å². The Bertz CT molecular complexity index is 2190. The maximum absolute atomic E-state index is 16.1. The number of rotatable bonds is 8. The van der Waals surface area contributed by atoms with E-state index in [1.54, 1.807) is 11.2 Å². The van der Waals surface area contributed by atoms with Crippen LogP contribution >= 0.6 is 11.3 Å². The molecule has 0 fully saturated rings. The van der Waals surface area contributed by atoms with E-state index in [1.807, 2.05) is 65.9 Å². The van der Waals surface area contributed by atoms with Crippen LogP contribution in [0.4, 0.5) is 8.78 Å². The Labute approximate surface area is 273 Å². The largest absolute Gasteiger partial charge is 0.490 e. The van der Waals surface area contributed by atoms with Crippen LogP contribution in [-0.4, -0.2) is 61.5 Å². The van der Waals surface area contributed by atoms with Gasteiger partial charge in [-0.3, -0.25) is 9.48 Å². The van der Waals surface area contributed by atoms with E-state index in [-0.39, 0.29) is 42.5 Å². The lowest BCUT2D eigenvalue weighted by atomic mass is 9.96. The van der Waals surface area contributed by atoms with Gasteiger partial charge in [0.05, 0.1) is 59.5 Å². The van der Waals surface area contributed by atoms with Gasteiger partial charge in [-0.25, -0.2) is 18.7 Å². The molecule has 9 nitrogen and oxygen atoms in total. The second kappa shape index (κ2) is 12.0. The molecule has 2 aromatic carbocycles. The first-order chi connectivity index (χ1) is 22.7. The Morgan fingerprint density at radius 2 is 1.91 bits per heavy atom. The molecule has 7 rings (SSSR count). The number of thiophene rings is 1. The fraction of sp³-hybridized carbons (Fsp3) is 0.257. The van der Waals surface area contributed by atoms with Gasteiger partial charge in [0.2, 0.25) is 5.91 Å². The number of hydrogen-bond acceptors (Lipinski definition) is 7. The van der Waals surface area contributed by atoms with Gasteiger partial charge in [0.15, 0.2) is 0 Å². The molecule has 4 aromatic heterocycles. The summed E-state index contributed by atoms with van der Waals surface area (Å²) in [6.45, 7) is 8.28. The lowest BCUT2D eigenvalue weighted by molar-refractivity contribution is -0.130. The number of benzene rings is 2. The third kappa shape index (κ3) is 5.17. The number of carbonyl (C=O) groups is 1. The molecule has 47 heavy (non-hydrogen) atoms. The first-order valence-electron chi connectivity index (χ1n) is 15.2. The monoisotopic (exact) mass is 654 g/mol. The Kier molecular flexibility index (Phi) is 7.85. The van der Waals surface area contributed by atoms with Crippen molar-refractivity contribution < 1.29 is 23.0 Å². The number of pyridine rings is 1. The molecule has 2 atom stereocenters. The van der Waals surface area contributed by atoms with Crippen LogP contribution < -0.4 is 4.74 Å². The summed E-state index contributed by atoms with van der Waals surface area (Å²) in [5.41, 5.74) is 5.51. The topological polar surface area (TPSA) is 87.3 Å². The minimum absolute atomic E-state index is 0.0358. The zero-order valence-electron chi connectivity index (χ0n) is 26.3. The van der Waals surface area contributed by atoms with Crippen LogP contribution in [0.5, 0.6) is 5.75 Å². The molecule has 5 heterocycles. The number of nitrogens with zero attached hydrogens (tertiary/aromatic N) is 6. The van der Waals surface area contributed by atoms with E-state index < -0.39 is 11.6 Å². The van der Waals surface area contributed by atoms with Crippen LogP contribution in [0, 0.1) is 11.6 Å². The number of amides is 1. The molecule has 0 bridgehead atoms. The van der Waals surface area contributed by atoms with Gasteiger partial charge in [0.25, 0.3) is 0 Å². The van der Waals surface area contributed by atoms with Crippen LogP contribution in [0.1, 0.15) is 25.6 Å². The Hall–Kier alpha value is -4.94. The maximum Gasteiger partial charge on any atom is 0.246 e. The predicted octanol–water partition coefficient (Wildman–Crippen LogP) is 7.16. The summed E-state index contributed by atoms with van der Waals surface area (Å²) < 4.78 is 46.4. The number of fused-ring (bicyclic) bond motifs is 3. The summed E-state index contributed by atoms with van der Waals surface area (Å²) in [4.78, 5) is 24.3. The van der Waals surface area contributed by atoms with Crippen molar-refractivity contribution in [3.05, 3.63) is 84.2 Å². The van der Waals surface area contributed by atoms with E-state index in [2.05, 4.69) is 11.6 Å². The molecule has 0 N–H and O–H groups in total. The smallest absolute Gasteiger partial charge is 0.246 e. The summed E-state index contributed by atoms with van der Waals surface area (Å²) in [5, 5.41) is 7.73. The molecular formula is C35H32F2N6O3S. The summed E-state index contributed by atoms with van der Waals surface area (Å²) in [6, 6.07) is 11.5. The third-order valence-electron chi connectivity index (χ3n) is 8.84. The van der Waals surface area contributed by atoms with Crippen molar-refractivity contribution in [2.24, 2.45) is 7.05 Å². The second-order valence-electron chi connectivity index (χ2n) is 11.6. The SMILES string of the molecule is C=CC(=O)N1Cc2cc(-c3nc(-c4ccc5c(c4)ncn5C)c4ccsc4c3-c3c(F)cc(F)cc3OCCOC)nn2[C@@H](C)[C@H]1C. The quantitative estimate of drug-likeness (QED) is 0.128. The van der Waals surface area contributed by atoms with E-state index in [1.165, 1.54) is 30.6 Å². The van der Waals surface area contributed by atoms with E-state index in [0.29, 0.717) is 29.2 Å². The Morgan fingerprint density at radius 1 is 1.09 bits per heavy atom. The average Bonchev–Trinajstić information content (AvgIpc) is 3.81. The van der Waals surface area contributed by atoms with Crippen molar-refractivity contribution in [2.45, 2.75) is 32.5 Å². The molecular weight excluding hydrogens is 622 g/mol. The van der Waals surface area contributed by atoms with Gasteiger partial charge in [-0.05, 0) is 49.6 Å². The molecule has 0 saturated heterocycles. The molecule has 1 amide bonds. The van der Waals surface area contributed by atoms with Gasteiger partial charge in [-0.2, -0.15) is 5.10 Å². The number of carbonyl (C=O) groups excluding carboxylic acids is 1. The predicted molar refractivity (Wildman–Crippen MR) is 178 cm³/mol. The summed E-state index contributed by atoms with van der Waals surface area (Å²) in [5.74, 6) is -1.68. The van der Waals surface area contributed by atoms with Crippen molar-refractivity contribution in [1.82, 2.24) is 29.2 Å². The van der Waals surface area contributed by atoms with Crippen LogP contribution in [0.15, 0.2) is 66.8 Å². The Morgan fingerprint density at radius 3 is 2.70 bits per heavy atom.